The average molecular weight is 397 g/mol. The summed E-state index contributed by atoms with van der Waals surface area (Å²) in [5, 5.41) is 14.1. The molecule has 1 amide bonds. The number of benzene rings is 1. The number of hydrogen-bond acceptors (Lipinski definition) is 5. The number of anilines is 1. The van der Waals surface area contributed by atoms with E-state index < -0.39 is 22.4 Å². The van der Waals surface area contributed by atoms with Crippen LogP contribution in [0.2, 0.25) is 0 Å². The molecule has 11 heteroatoms. The highest BCUT2D eigenvalue weighted by atomic mass is 35.5. The molecule has 1 heterocycles. The molecule has 0 unspecified atom stereocenters. The van der Waals surface area contributed by atoms with Gasteiger partial charge in [-0.3, -0.25) is 14.9 Å². The predicted molar refractivity (Wildman–Crippen MR) is 92.7 cm³/mol. The zero-order valence-corrected chi connectivity index (χ0v) is 14.9. The number of nitrogens with zero attached hydrogens (tertiary/aromatic N) is 3. The van der Waals surface area contributed by atoms with Crippen LogP contribution in [0.4, 0.5) is 24.5 Å². The van der Waals surface area contributed by atoms with Crippen molar-refractivity contribution in [1.29, 1.82) is 0 Å². The van der Waals surface area contributed by atoms with Crippen LogP contribution in [0.1, 0.15) is 12.0 Å². The highest BCUT2D eigenvalue weighted by Gasteiger charge is 2.34. The molecular formula is C15H20ClF3N4O3. The number of nitro groups is 1. The summed E-state index contributed by atoms with van der Waals surface area (Å²) in [6, 6.07) is 2.52. The molecule has 0 saturated carbocycles. The number of amides is 1. The van der Waals surface area contributed by atoms with E-state index in [0.29, 0.717) is 45.2 Å². The molecule has 0 spiro atoms. The van der Waals surface area contributed by atoms with Crippen molar-refractivity contribution in [3.63, 3.8) is 0 Å². The maximum absolute atomic E-state index is 12.8. The molecular weight excluding hydrogens is 377 g/mol. The summed E-state index contributed by atoms with van der Waals surface area (Å²) in [5.74, 6) is -0.0177. The van der Waals surface area contributed by atoms with Gasteiger partial charge in [-0.15, -0.1) is 12.4 Å². The van der Waals surface area contributed by atoms with Crippen molar-refractivity contribution in [2.75, 3.05) is 44.7 Å². The molecule has 1 aliphatic rings. The molecule has 1 aromatic carbocycles. The third-order valence-corrected chi connectivity index (χ3v) is 4.06. The Morgan fingerprint density at radius 1 is 1.27 bits per heavy atom. The van der Waals surface area contributed by atoms with Gasteiger partial charge in [0.2, 0.25) is 5.91 Å². The van der Waals surface area contributed by atoms with E-state index >= 15 is 0 Å². The van der Waals surface area contributed by atoms with E-state index in [1.54, 1.807) is 16.8 Å². The third-order valence-electron chi connectivity index (χ3n) is 4.06. The van der Waals surface area contributed by atoms with E-state index in [2.05, 4.69) is 5.32 Å². The molecule has 1 N–H and O–H groups in total. The van der Waals surface area contributed by atoms with Gasteiger partial charge in [0.25, 0.3) is 5.69 Å². The van der Waals surface area contributed by atoms with Gasteiger partial charge in [0.15, 0.2) is 0 Å². The Bertz CT molecular complexity index is 650. The molecule has 0 aliphatic carbocycles. The lowest BCUT2D eigenvalue weighted by atomic mass is 10.1. The SMILES string of the molecule is CNCCC(=O)N1CCN(c2ccc(C(F)(F)F)cc2[N+](=O)[O-])CC1.Cl. The minimum atomic E-state index is -4.64. The summed E-state index contributed by atoms with van der Waals surface area (Å²) < 4.78 is 38.3. The molecule has 0 atom stereocenters. The Morgan fingerprint density at radius 3 is 2.38 bits per heavy atom. The number of halogens is 4. The van der Waals surface area contributed by atoms with Gasteiger partial charge in [0, 0.05) is 45.2 Å². The van der Waals surface area contributed by atoms with Crippen LogP contribution < -0.4 is 10.2 Å². The first kappa shape index (κ1) is 22.0. The van der Waals surface area contributed by atoms with Crippen molar-refractivity contribution < 1.29 is 22.9 Å². The number of piperazine rings is 1. The highest BCUT2D eigenvalue weighted by Crippen LogP contribution is 2.36. The lowest BCUT2D eigenvalue weighted by Crippen LogP contribution is -2.49. The van der Waals surface area contributed by atoms with Gasteiger partial charge in [-0.05, 0) is 19.2 Å². The Kier molecular flexibility index (Phi) is 7.64. The fourth-order valence-electron chi connectivity index (χ4n) is 2.70. The third kappa shape index (κ3) is 5.21. The van der Waals surface area contributed by atoms with Gasteiger partial charge in [-0.25, -0.2) is 0 Å². The van der Waals surface area contributed by atoms with Crippen LogP contribution in [-0.4, -0.2) is 55.5 Å². The smallest absolute Gasteiger partial charge is 0.362 e. The van der Waals surface area contributed by atoms with Crippen LogP contribution in [0.3, 0.4) is 0 Å². The van der Waals surface area contributed by atoms with Gasteiger partial charge in [0.05, 0.1) is 10.5 Å². The van der Waals surface area contributed by atoms with Crippen molar-refractivity contribution >= 4 is 29.7 Å². The number of nitro benzene ring substituents is 1. The minimum absolute atomic E-state index is 0. The fourth-order valence-corrected chi connectivity index (χ4v) is 2.70. The van der Waals surface area contributed by atoms with Gasteiger partial charge in [-0.2, -0.15) is 13.2 Å². The number of nitrogens with one attached hydrogen (secondary N) is 1. The summed E-state index contributed by atoms with van der Waals surface area (Å²) in [6.07, 6.45) is -4.28. The van der Waals surface area contributed by atoms with Crippen molar-refractivity contribution in [2.45, 2.75) is 12.6 Å². The molecule has 1 saturated heterocycles. The van der Waals surface area contributed by atoms with Gasteiger partial charge < -0.3 is 15.1 Å². The Balaban J connectivity index is 0.00000338. The van der Waals surface area contributed by atoms with E-state index in [1.165, 1.54) is 0 Å². The monoisotopic (exact) mass is 396 g/mol. The van der Waals surface area contributed by atoms with E-state index in [4.69, 9.17) is 0 Å². The predicted octanol–water partition coefficient (Wildman–Crippen LogP) is 2.29. The molecule has 26 heavy (non-hydrogen) atoms. The van der Waals surface area contributed by atoms with Crippen LogP contribution in [0.25, 0.3) is 0 Å². The largest absolute Gasteiger partial charge is 0.416 e. The summed E-state index contributed by atoms with van der Waals surface area (Å²) >= 11 is 0. The van der Waals surface area contributed by atoms with E-state index in [9.17, 15) is 28.1 Å². The molecule has 146 valence electrons. The first-order valence-electron chi connectivity index (χ1n) is 7.77. The molecule has 2 rings (SSSR count). The Hall–Kier alpha value is -2.07. The van der Waals surface area contributed by atoms with Crippen LogP contribution in [0, 0.1) is 10.1 Å². The number of carbonyl (C=O) groups is 1. The maximum atomic E-state index is 12.8. The Morgan fingerprint density at radius 2 is 1.88 bits per heavy atom. The van der Waals surface area contributed by atoms with Crippen LogP contribution in [0.5, 0.6) is 0 Å². The van der Waals surface area contributed by atoms with E-state index in [1.807, 2.05) is 0 Å². The molecule has 7 nitrogen and oxygen atoms in total. The number of rotatable bonds is 5. The summed E-state index contributed by atoms with van der Waals surface area (Å²) in [5.41, 5.74) is -1.49. The molecule has 1 fully saturated rings. The quantitative estimate of drug-likeness (QED) is 0.610. The second kappa shape index (κ2) is 9.04. The average Bonchev–Trinajstić information content (AvgIpc) is 2.58. The van der Waals surface area contributed by atoms with E-state index in [-0.39, 0.29) is 24.0 Å². The summed E-state index contributed by atoms with van der Waals surface area (Å²) in [4.78, 5) is 25.6. The first-order valence-corrected chi connectivity index (χ1v) is 7.77. The number of hydrogen-bond donors (Lipinski definition) is 1. The van der Waals surface area contributed by atoms with Crippen molar-refractivity contribution in [3.8, 4) is 0 Å². The van der Waals surface area contributed by atoms with E-state index in [0.717, 1.165) is 12.1 Å². The second-order valence-corrected chi connectivity index (χ2v) is 5.68. The minimum Gasteiger partial charge on any atom is -0.362 e. The highest BCUT2D eigenvalue weighted by molar-refractivity contribution is 5.85. The molecule has 0 aromatic heterocycles. The second-order valence-electron chi connectivity index (χ2n) is 5.68. The standard InChI is InChI=1S/C15H19F3N4O3.ClH/c1-19-5-4-14(23)21-8-6-20(7-9-21)12-3-2-11(15(16,17)18)10-13(12)22(24)25;/h2-3,10,19H,4-9H2,1H3;1H. The van der Waals surface area contributed by atoms with Gasteiger partial charge in [0.1, 0.15) is 5.69 Å². The zero-order chi connectivity index (χ0) is 18.6. The van der Waals surface area contributed by atoms with Crippen molar-refractivity contribution in [1.82, 2.24) is 10.2 Å². The molecule has 0 radical (unpaired) electrons. The number of alkyl halides is 3. The summed E-state index contributed by atoms with van der Waals surface area (Å²) in [6.45, 7) is 1.97. The van der Waals surface area contributed by atoms with Gasteiger partial charge >= 0.3 is 6.18 Å². The Labute approximate surface area is 154 Å². The molecule has 1 aromatic rings. The normalized spacial score (nSPS) is 14.8. The first-order chi connectivity index (χ1) is 11.7. The maximum Gasteiger partial charge on any atom is 0.416 e. The van der Waals surface area contributed by atoms with Crippen LogP contribution in [-0.2, 0) is 11.0 Å². The lowest BCUT2D eigenvalue weighted by Gasteiger charge is -2.36. The lowest BCUT2D eigenvalue weighted by molar-refractivity contribution is -0.384. The topological polar surface area (TPSA) is 78.7 Å². The number of carbonyl (C=O) groups excluding carboxylic acids is 1. The molecule has 1 aliphatic heterocycles. The van der Waals surface area contributed by atoms with Crippen molar-refractivity contribution in [2.24, 2.45) is 0 Å². The zero-order valence-electron chi connectivity index (χ0n) is 14.1. The van der Waals surface area contributed by atoms with Crippen LogP contribution in [0.15, 0.2) is 18.2 Å². The summed E-state index contributed by atoms with van der Waals surface area (Å²) in [7, 11) is 1.74. The van der Waals surface area contributed by atoms with Crippen LogP contribution >= 0.6 is 12.4 Å². The van der Waals surface area contributed by atoms with Gasteiger partial charge in [-0.1, -0.05) is 0 Å². The fraction of sp³-hybridized carbons (Fsp3) is 0.533. The molecule has 0 bridgehead atoms. The van der Waals surface area contributed by atoms with Crippen molar-refractivity contribution in [3.05, 3.63) is 33.9 Å².